The summed E-state index contributed by atoms with van der Waals surface area (Å²) in [4.78, 5) is 20.6. The minimum absolute atomic E-state index is 0.00231. The number of carbonyl (C=O) groups is 1. The van der Waals surface area contributed by atoms with Crippen molar-refractivity contribution in [2.75, 3.05) is 42.9 Å². The third-order valence-electron chi connectivity index (χ3n) is 4.08. The predicted octanol–water partition coefficient (Wildman–Crippen LogP) is 2.51. The summed E-state index contributed by atoms with van der Waals surface area (Å²) in [5.41, 5.74) is 0. The van der Waals surface area contributed by atoms with Crippen LogP contribution in [0.25, 0.3) is 10.1 Å². The first-order valence-corrected chi connectivity index (χ1v) is 9.46. The number of carbonyl (C=O) groups excluding carboxylic acids is 1. The Labute approximate surface area is 147 Å². The lowest BCUT2D eigenvalue weighted by molar-refractivity contribution is -0.117. The molecule has 4 rings (SSSR count). The number of fused-ring (bicyclic) bond motifs is 1. The molecule has 0 saturated carbocycles. The van der Waals surface area contributed by atoms with Crippen LogP contribution in [-0.2, 0) is 4.79 Å². The fraction of sp³-hybridized carbons (Fsp3) is 0.312. The Kier molecular flexibility index (Phi) is 4.42. The number of amides is 1. The van der Waals surface area contributed by atoms with Gasteiger partial charge in [-0.15, -0.1) is 11.3 Å². The van der Waals surface area contributed by atoms with Crippen LogP contribution in [0, 0.1) is 0 Å². The Morgan fingerprint density at radius 2 is 2.04 bits per heavy atom. The highest BCUT2D eigenvalue weighted by molar-refractivity contribution is 7.14. The molecule has 0 atom stereocenters. The maximum absolute atomic E-state index is 12.1. The maximum atomic E-state index is 12.1. The van der Waals surface area contributed by atoms with Gasteiger partial charge in [-0.3, -0.25) is 9.69 Å². The second-order valence-electron chi connectivity index (χ2n) is 5.65. The van der Waals surface area contributed by atoms with Gasteiger partial charge in [-0.05, 0) is 23.7 Å². The molecule has 3 heterocycles. The molecule has 0 radical (unpaired) electrons. The molecule has 24 heavy (non-hydrogen) atoms. The highest BCUT2D eigenvalue weighted by atomic mass is 32.1. The molecule has 1 amide bonds. The van der Waals surface area contributed by atoms with Gasteiger partial charge < -0.3 is 10.2 Å². The molecule has 6 nitrogen and oxygen atoms in total. The van der Waals surface area contributed by atoms with Crippen LogP contribution in [0.3, 0.4) is 0 Å². The van der Waals surface area contributed by atoms with Crippen LogP contribution in [0.2, 0.25) is 0 Å². The van der Waals surface area contributed by atoms with Gasteiger partial charge in [-0.1, -0.05) is 12.1 Å². The molecule has 1 aromatic carbocycles. The summed E-state index contributed by atoms with van der Waals surface area (Å²) < 4.78 is 5.84. The third kappa shape index (κ3) is 3.26. The average Bonchev–Trinajstić information content (AvgIpc) is 3.25. The van der Waals surface area contributed by atoms with Crippen LogP contribution >= 0.6 is 22.9 Å². The van der Waals surface area contributed by atoms with Gasteiger partial charge in [0.15, 0.2) is 5.13 Å². The number of hydrogen-bond donors (Lipinski definition) is 1. The van der Waals surface area contributed by atoms with Crippen molar-refractivity contribution in [3.63, 3.8) is 0 Å². The van der Waals surface area contributed by atoms with Crippen LogP contribution in [0.15, 0.2) is 35.8 Å². The highest BCUT2D eigenvalue weighted by Crippen LogP contribution is 2.29. The number of thiazole rings is 1. The van der Waals surface area contributed by atoms with E-state index in [0.717, 1.165) is 32.0 Å². The molecule has 0 unspecified atom stereocenters. The Balaban J connectivity index is 1.34. The van der Waals surface area contributed by atoms with Gasteiger partial charge in [0.2, 0.25) is 5.91 Å². The summed E-state index contributed by atoms with van der Waals surface area (Å²) in [6, 6.07) is 8.33. The van der Waals surface area contributed by atoms with E-state index in [1.807, 2.05) is 11.4 Å². The predicted molar refractivity (Wildman–Crippen MR) is 99.0 cm³/mol. The van der Waals surface area contributed by atoms with E-state index in [0.29, 0.717) is 11.7 Å². The van der Waals surface area contributed by atoms with Gasteiger partial charge in [0.05, 0.1) is 11.2 Å². The summed E-state index contributed by atoms with van der Waals surface area (Å²) in [6.45, 7) is 3.90. The van der Waals surface area contributed by atoms with E-state index in [1.165, 1.54) is 21.4 Å². The van der Waals surface area contributed by atoms with Gasteiger partial charge in [0, 0.05) is 43.1 Å². The number of aromatic nitrogens is 2. The first-order valence-electron chi connectivity index (χ1n) is 7.81. The lowest BCUT2D eigenvalue weighted by Crippen LogP contribution is -2.48. The number of rotatable bonds is 4. The first-order chi connectivity index (χ1) is 11.8. The molecular weight excluding hydrogens is 342 g/mol. The van der Waals surface area contributed by atoms with E-state index in [4.69, 9.17) is 0 Å². The number of anilines is 2. The van der Waals surface area contributed by atoms with Crippen LogP contribution in [0.5, 0.6) is 0 Å². The number of nitrogens with zero attached hydrogens (tertiary/aromatic N) is 4. The molecular formula is C16H17N5OS2. The van der Waals surface area contributed by atoms with Crippen LogP contribution in [0.4, 0.5) is 10.9 Å². The topological polar surface area (TPSA) is 61.4 Å². The van der Waals surface area contributed by atoms with Crippen molar-refractivity contribution in [2.45, 2.75) is 0 Å². The van der Waals surface area contributed by atoms with E-state index in [-0.39, 0.29) is 5.91 Å². The van der Waals surface area contributed by atoms with Crippen molar-refractivity contribution in [1.29, 1.82) is 0 Å². The minimum Gasteiger partial charge on any atom is -0.353 e. The van der Waals surface area contributed by atoms with Crippen LogP contribution in [-0.4, -0.2) is 52.9 Å². The zero-order valence-corrected chi connectivity index (χ0v) is 14.6. The average molecular weight is 359 g/mol. The lowest BCUT2D eigenvalue weighted by atomic mass is 10.2. The number of hydrogen-bond acceptors (Lipinski definition) is 7. The summed E-state index contributed by atoms with van der Waals surface area (Å²) in [7, 11) is 0. The molecule has 124 valence electrons. The fourth-order valence-electron chi connectivity index (χ4n) is 2.87. The minimum atomic E-state index is -0.00231. The van der Waals surface area contributed by atoms with E-state index in [1.54, 1.807) is 17.7 Å². The van der Waals surface area contributed by atoms with E-state index in [2.05, 4.69) is 42.7 Å². The summed E-state index contributed by atoms with van der Waals surface area (Å²) >= 11 is 2.98. The van der Waals surface area contributed by atoms with Crippen molar-refractivity contribution < 1.29 is 4.79 Å². The summed E-state index contributed by atoms with van der Waals surface area (Å²) in [6.07, 6.45) is 1.69. The van der Waals surface area contributed by atoms with Gasteiger partial charge in [-0.2, -0.15) is 4.37 Å². The smallest absolute Gasteiger partial charge is 0.240 e. The van der Waals surface area contributed by atoms with Gasteiger partial charge in [-0.25, -0.2) is 4.98 Å². The molecule has 1 aliphatic rings. The maximum Gasteiger partial charge on any atom is 0.240 e. The standard InChI is InChI=1S/C16H17N5OS2/c22-14(18-16-17-5-10-23-16)11-20-6-8-21(9-7-20)15-12-3-1-2-4-13(12)24-19-15/h1-5,10H,6-9,11H2,(H,17,18,22). The first kappa shape index (κ1) is 15.5. The largest absolute Gasteiger partial charge is 0.353 e. The second kappa shape index (κ2) is 6.84. The van der Waals surface area contributed by atoms with Gasteiger partial charge in [0.25, 0.3) is 0 Å². The Morgan fingerprint density at radius 3 is 2.83 bits per heavy atom. The second-order valence-corrected chi connectivity index (χ2v) is 7.35. The highest BCUT2D eigenvalue weighted by Gasteiger charge is 2.22. The molecule has 1 N–H and O–H groups in total. The van der Waals surface area contributed by atoms with Crippen molar-refractivity contribution in [3.05, 3.63) is 35.8 Å². The summed E-state index contributed by atoms with van der Waals surface area (Å²) in [5.74, 6) is 1.07. The SMILES string of the molecule is O=C(CN1CCN(c2nsc3ccccc23)CC1)Nc1nccs1. The monoisotopic (exact) mass is 359 g/mol. The molecule has 0 bridgehead atoms. The zero-order valence-electron chi connectivity index (χ0n) is 13.0. The number of nitrogens with one attached hydrogen (secondary N) is 1. The Morgan fingerprint density at radius 1 is 1.21 bits per heavy atom. The normalized spacial score (nSPS) is 15.8. The van der Waals surface area contributed by atoms with Gasteiger partial charge >= 0.3 is 0 Å². The van der Waals surface area contributed by atoms with Crippen LogP contribution < -0.4 is 10.2 Å². The third-order valence-corrected chi connectivity index (χ3v) is 5.58. The molecule has 2 aromatic heterocycles. The van der Waals surface area contributed by atoms with Crippen molar-refractivity contribution in [3.8, 4) is 0 Å². The molecule has 3 aromatic rings. The Bertz CT molecular complexity index is 824. The van der Waals surface area contributed by atoms with Crippen LogP contribution in [0.1, 0.15) is 0 Å². The van der Waals surface area contributed by atoms with Crippen molar-refractivity contribution in [2.24, 2.45) is 0 Å². The summed E-state index contributed by atoms with van der Waals surface area (Å²) in [5, 5.41) is 6.57. The molecule has 1 fully saturated rings. The molecule has 8 heteroatoms. The van der Waals surface area contributed by atoms with E-state index < -0.39 is 0 Å². The quantitative estimate of drug-likeness (QED) is 0.776. The number of piperazine rings is 1. The molecule has 0 aliphatic carbocycles. The van der Waals surface area contributed by atoms with Crippen molar-refractivity contribution in [1.82, 2.24) is 14.3 Å². The number of benzene rings is 1. The zero-order chi connectivity index (χ0) is 16.4. The van der Waals surface area contributed by atoms with Crippen molar-refractivity contribution >= 4 is 49.8 Å². The van der Waals surface area contributed by atoms with E-state index >= 15 is 0 Å². The van der Waals surface area contributed by atoms with Gasteiger partial charge in [0.1, 0.15) is 5.82 Å². The lowest BCUT2D eigenvalue weighted by Gasteiger charge is -2.34. The van der Waals surface area contributed by atoms with E-state index in [9.17, 15) is 4.79 Å². The Hall–Kier alpha value is -2.03. The fourth-order valence-corrected chi connectivity index (χ4v) is 4.21. The molecule has 0 spiro atoms. The molecule has 1 saturated heterocycles. The molecule has 1 aliphatic heterocycles.